The fourth-order valence-corrected chi connectivity index (χ4v) is 2.73. The van der Waals surface area contributed by atoms with Crippen LogP contribution in [0.4, 0.5) is 0 Å². The minimum absolute atomic E-state index is 0.0278. The summed E-state index contributed by atoms with van der Waals surface area (Å²) in [6, 6.07) is 12.7. The number of thioether (sulfide) groups is 1. The van der Waals surface area contributed by atoms with Crippen LogP contribution in [0.1, 0.15) is 10.4 Å². The number of halogens is 2. The first-order valence-electron chi connectivity index (χ1n) is 5.85. The SMILES string of the molecule is CSc1ccc(C(=O)COc2ccc(Br)cc2Cl)cc1. The zero-order valence-corrected chi connectivity index (χ0v) is 13.9. The summed E-state index contributed by atoms with van der Waals surface area (Å²) in [4.78, 5) is 13.1. The van der Waals surface area contributed by atoms with E-state index in [-0.39, 0.29) is 12.4 Å². The van der Waals surface area contributed by atoms with Crippen LogP contribution in [0.15, 0.2) is 51.8 Å². The van der Waals surface area contributed by atoms with Crippen molar-refractivity contribution in [2.24, 2.45) is 0 Å². The summed E-state index contributed by atoms with van der Waals surface area (Å²) < 4.78 is 6.33. The molecule has 5 heteroatoms. The van der Waals surface area contributed by atoms with Gasteiger partial charge in [-0.2, -0.15) is 0 Å². The molecule has 2 aromatic rings. The molecule has 0 spiro atoms. The van der Waals surface area contributed by atoms with Crippen LogP contribution in [0.3, 0.4) is 0 Å². The van der Waals surface area contributed by atoms with Crippen LogP contribution in [0.5, 0.6) is 5.75 Å². The molecule has 0 radical (unpaired) electrons. The van der Waals surface area contributed by atoms with Crippen molar-refractivity contribution in [1.29, 1.82) is 0 Å². The molecule has 0 amide bonds. The molecule has 2 nitrogen and oxygen atoms in total. The average molecular weight is 372 g/mol. The normalized spacial score (nSPS) is 10.3. The summed E-state index contributed by atoms with van der Waals surface area (Å²) in [5.41, 5.74) is 0.635. The van der Waals surface area contributed by atoms with Gasteiger partial charge in [-0.05, 0) is 36.6 Å². The second kappa shape index (κ2) is 7.16. The Morgan fingerprint density at radius 3 is 2.55 bits per heavy atom. The van der Waals surface area contributed by atoms with Crippen molar-refractivity contribution >= 4 is 45.1 Å². The molecule has 0 aromatic heterocycles. The molecule has 0 aliphatic carbocycles. The first kappa shape index (κ1) is 15.4. The zero-order chi connectivity index (χ0) is 14.5. The van der Waals surface area contributed by atoms with Crippen molar-refractivity contribution in [2.75, 3.05) is 12.9 Å². The molecule has 0 atom stereocenters. The molecular weight excluding hydrogens is 360 g/mol. The first-order valence-corrected chi connectivity index (χ1v) is 8.25. The fourth-order valence-electron chi connectivity index (χ4n) is 1.60. The monoisotopic (exact) mass is 370 g/mol. The van der Waals surface area contributed by atoms with E-state index in [2.05, 4.69) is 15.9 Å². The number of carbonyl (C=O) groups is 1. The lowest BCUT2D eigenvalue weighted by atomic mass is 10.1. The molecule has 20 heavy (non-hydrogen) atoms. The van der Waals surface area contributed by atoms with E-state index in [0.717, 1.165) is 9.37 Å². The van der Waals surface area contributed by atoms with E-state index in [0.29, 0.717) is 16.3 Å². The van der Waals surface area contributed by atoms with E-state index in [1.54, 1.807) is 36.0 Å². The molecule has 0 aliphatic rings. The number of ether oxygens (including phenoxy) is 1. The highest BCUT2D eigenvalue weighted by Crippen LogP contribution is 2.27. The van der Waals surface area contributed by atoms with Gasteiger partial charge in [-0.15, -0.1) is 11.8 Å². The minimum Gasteiger partial charge on any atom is -0.484 e. The molecule has 0 fully saturated rings. The maximum absolute atomic E-state index is 12.0. The van der Waals surface area contributed by atoms with Crippen LogP contribution >= 0.6 is 39.3 Å². The van der Waals surface area contributed by atoms with Gasteiger partial charge < -0.3 is 4.74 Å². The Morgan fingerprint density at radius 1 is 1.25 bits per heavy atom. The first-order chi connectivity index (χ1) is 9.60. The highest BCUT2D eigenvalue weighted by molar-refractivity contribution is 9.10. The Hall–Kier alpha value is -0.970. The smallest absolute Gasteiger partial charge is 0.200 e. The summed E-state index contributed by atoms with van der Waals surface area (Å²) in [7, 11) is 0. The number of Topliss-reactive ketones (excluding diaryl/α,β-unsaturated/α-hetero) is 1. The highest BCUT2D eigenvalue weighted by Gasteiger charge is 2.09. The van der Waals surface area contributed by atoms with Crippen LogP contribution in [-0.4, -0.2) is 18.6 Å². The summed E-state index contributed by atoms with van der Waals surface area (Å²) in [6.45, 7) is -0.0278. The van der Waals surface area contributed by atoms with Gasteiger partial charge in [0, 0.05) is 14.9 Å². The molecule has 0 unspecified atom stereocenters. The number of ketones is 1. The van der Waals surface area contributed by atoms with Gasteiger partial charge in [0.25, 0.3) is 0 Å². The van der Waals surface area contributed by atoms with E-state index in [4.69, 9.17) is 16.3 Å². The number of benzene rings is 2. The molecule has 2 rings (SSSR count). The third-order valence-corrected chi connectivity index (χ3v) is 4.20. The van der Waals surface area contributed by atoms with Crippen LogP contribution < -0.4 is 4.74 Å². The van der Waals surface area contributed by atoms with Crippen molar-refractivity contribution in [3.63, 3.8) is 0 Å². The van der Waals surface area contributed by atoms with Crippen LogP contribution in [-0.2, 0) is 0 Å². The zero-order valence-electron chi connectivity index (χ0n) is 10.7. The Morgan fingerprint density at radius 2 is 1.95 bits per heavy atom. The Labute approximate surface area is 135 Å². The van der Waals surface area contributed by atoms with Crippen LogP contribution in [0.2, 0.25) is 5.02 Å². The standard InChI is InChI=1S/C15H12BrClO2S/c1-20-12-5-2-10(3-6-12)14(18)9-19-15-7-4-11(16)8-13(15)17/h2-8H,9H2,1H3. The van der Waals surface area contributed by atoms with E-state index < -0.39 is 0 Å². The number of rotatable bonds is 5. The van der Waals surface area contributed by atoms with Gasteiger partial charge in [0.05, 0.1) is 5.02 Å². The van der Waals surface area contributed by atoms with Gasteiger partial charge in [0.15, 0.2) is 12.4 Å². The molecule has 104 valence electrons. The minimum atomic E-state index is -0.0726. The Bertz CT molecular complexity index is 614. The molecule has 0 heterocycles. The fraction of sp³-hybridized carbons (Fsp3) is 0.133. The molecule has 0 saturated heterocycles. The molecule has 0 saturated carbocycles. The number of hydrogen-bond acceptors (Lipinski definition) is 3. The van der Waals surface area contributed by atoms with Crippen molar-refractivity contribution < 1.29 is 9.53 Å². The maximum atomic E-state index is 12.0. The van der Waals surface area contributed by atoms with E-state index in [1.807, 2.05) is 24.5 Å². The van der Waals surface area contributed by atoms with E-state index >= 15 is 0 Å². The lowest BCUT2D eigenvalue weighted by Crippen LogP contribution is -2.11. The predicted molar refractivity (Wildman–Crippen MR) is 87.2 cm³/mol. The quantitative estimate of drug-likeness (QED) is 0.541. The van der Waals surface area contributed by atoms with Crippen molar-refractivity contribution in [1.82, 2.24) is 0 Å². The third kappa shape index (κ3) is 4.01. The van der Waals surface area contributed by atoms with E-state index in [1.165, 1.54) is 0 Å². The van der Waals surface area contributed by atoms with Crippen molar-refractivity contribution in [3.8, 4) is 5.75 Å². The largest absolute Gasteiger partial charge is 0.484 e. The lowest BCUT2D eigenvalue weighted by Gasteiger charge is -2.08. The second-order valence-corrected chi connectivity index (χ2v) is 6.22. The van der Waals surface area contributed by atoms with Gasteiger partial charge in [0.1, 0.15) is 5.75 Å². The molecule has 2 aromatic carbocycles. The molecule has 0 bridgehead atoms. The maximum Gasteiger partial charge on any atom is 0.200 e. The van der Waals surface area contributed by atoms with Crippen LogP contribution in [0, 0.1) is 0 Å². The Kier molecular flexibility index (Phi) is 5.52. The Balaban J connectivity index is 2.00. The lowest BCUT2D eigenvalue weighted by molar-refractivity contribution is 0.0921. The van der Waals surface area contributed by atoms with Crippen molar-refractivity contribution in [2.45, 2.75) is 4.90 Å². The summed E-state index contributed by atoms with van der Waals surface area (Å²) >= 11 is 11.0. The van der Waals surface area contributed by atoms with Gasteiger partial charge in [-0.1, -0.05) is 39.7 Å². The summed E-state index contributed by atoms with van der Waals surface area (Å²) in [5.74, 6) is 0.431. The number of hydrogen-bond donors (Lipinski definition) is 0. The predicted octanol–water partition coefficient (Wildman–Crippen LogP) is 5.09. The molecule has 0 N–H and O–H groups in total. The molecule has 0 aliphatic heterocycles. The van der Waals surface area contributed by atoms with Crippen LogP contribution in [0.25, 0.3) is 0 Å². The topological polar surface area (TPSA) is 26.3 Å². The van der Waals surface area contributed by atoms with Gasteiger partial charge in [0.2, 0.25) is 0 Å². The highest BCUT2D eigenvalue weighted by atomic mass is 79.9. The van der Waals surface area contributed by atoms with Gasteiger partial charge >= 0.3 is 0 Å². The summed E-state index contributed by atoms with van der Waals surface area (Å²) in [6.07, 6.45) is 2.00. The van der Waals surface area contributed by atoms with Gasteiger partial charge in [-0.25, -0.2) is 0 Å². The third-order valence-electron chi connectivity index (χ3n) is 2.66. The number of carbonyl (C=O) groups excluding carboxylic acids is 1. The average Bonchev–Trinajstić information content (AvgIpc) is 2.46. The van der Waals surface area contributed by atoms with E-state index in [9.17, 15) is 4.79 Å². The second-order valence-electron chi connectivity index (χ2n) is 4.02. The van der Waals surface area contributed by atoms with Gasteiger partial charge in [-0.3, -0.25) is 4.79 Å². The van der Waals surface area contributed by atoms with Crippen molar-refractivity contribution in [3.05, 3.63) is 57.5 Å². The summed E-state index contributed by atoms with van der Waals surface area (Å²) in [5, 5.41) is 0.477. The molecular formula is C15H12BrClO2S.